The van der Waals surface area contributed by atoms with Gasteiger partial charge in [-0.25, -0.2) is 0 Å². The molecule has 0 N–H and O–H groups in total. The zero-order valence-corrected chi connectivity index (χ0v) is 52.4. The maximum absolute atomic E-state index is 12.9. The van der Waals surface area contributed by atoms with E-state index in [9.17, 15) is 14.4 Å². The molecule has 0 aromatic rings. The van der Waals surface area contributed by atoms with E-state index in [0.717, 1.165) is 57.8 Å². The van der Waals surface area contributed by atoms with Gasteiger partial charge in [-0.3, -0.25) is 0 Å². The monoisotopic (exact) mass is 1140 g/mol. The third-order valence-electron chi connectivity index (χ3n) is 15.5. The Morgan fingerprint density at radius 2 is 0.301 bits per heavy atom. The van der Waals surface area contributed by atoms with Crippen molar-refractivity contribution in [2.24, 2.45) is 0 Å². The van der Waals surface area contributed by atoms with Gasteiger partial charge in [0.2, 0.25) is 0 Å². The summed E-state index contributed by atoms with van der Waals surface area (Å²) < 4.78 is 17.0. The number of carbonyl (C=O) groups excluding carboxylic acids is 3. The fourth-order valence-corrected chi connectivity index (χ4v) is 13.0. The van der Waals surface area contributed by atoms with Crippen LogP contribution in [0.5, 0.6) is 0 Å². The van der Waals surface area contributed by atoms with E-state index < -0.39 is 21.5 Å². The molecule has 0 spiro atoms. The predicted molar refractivity (Wildman–Crippen MR) is 318 cm³/mol. The molecule has 0 aliphatic heterocycles. The first kappa shape index (κ1) is 72.2. The Hall–Kier alpha value is -0.772. The second kappa shape index (κ2) is 63.8. The summed E-state index contributed by atoms with van der Waals surface area (Å²) in [5.74, 6) is -1.16. The molecule has 0 fully saturated rings. The van der Waals surface area contributed by atoms with Gasteiger partial charge in [0.15, 0.2) is 0 Å². The summed E-state index contributed by atoms with van der Waals surface area (Å²) in [7, 11) is 0. The molecule has 73 heavy (non-hydrogen) atoms. The van der Waals surface area contributed by atoms with E-state index in [1.165, 1.54) is 308 Å². The molecule has 0 aromatic heterocycles. The van der Waals surface area contributed by atoms with Gasteiger partial charge in [-0.05, 0) is 0 Å². The Bertz CT molecular complexity index is 966. The second-order valence-electron chi connectivity index (χ2n) is 23.0. The first-order chi connectivity index (χ1) is 36.0. The van der Waals surface area contributed by atoms with Crippen LogP contribution in [0.3, 0.4) is 0 Å². The Kier molecular flexibility index (Phi) is 63.1. The molecule has 0 saturated carbocycles. The summed E-state index contributed by atoms with van der Waals surface area (Å²) in [5, 5.41) is 0. The molecule has 0 aliphatic rings. The summed E-state index contributed by atoms with van der Waals surface area (Å²) in [6.45, 7) is 6.87. The maximum atomic E-state index is 12.9. The molecule has 7 heteroatoms. The number of carbonyl (C=O) groups is 3. The minimum Gasteiger partial charge on any atom is -0.0654 e. The number of rotatable bonds is 63. The Morgan fingerprint density at radius 3 is 0.425 bits per heavy atom. The molecule has 0 bridgehead atoms. The van der Waals surface area contributed by atoms with Crippen molar-refractivity contribution in [3.8, 4) is 0 Å². The molecule has 0 unspecified atom stereocenters. The van der Waals surface area contributed by atoms with Crippen molar-refractivity contribution in [3.05, 3.63) is 0 Å². The molecule has 0 rings (SSSR count). The summed E-state index contributed by atoms with van der Waals surface area (Å²) >= 11 is -3.79. The molecular weight excluding hydrogens is 1010 g/mol. The normalized spacial score (nSPS) is 11.5. The van der Waals surface area contributed by atoms with Crippen molar-refractivity contribution in [1.29, 1.82) is 0 Å². The van der Waals surface area contributed by atoms with Crippen molar-refractivity contribution < 1.29 is 23.4 Å². The van der Waals surface area contributed by atoms with Gasteiger partial charge >= 0.3 is 255 Å². The summed E-state index contributed by atoms with van der Waals surface area (Å²) in [4.78, 5) is 38.8. The van der Waals surface area contributed by atoms with Gasteiger partial charge < -0.3 is 0 Å². The minimum atomic E-state index is -3.79. The molecule has 0 saturated heterocycles. The molecular formula is C66H129O6Sb. The van der Waals surface area contributed by atoms with Crippen molar-refractivity contribution in [3.63, 3.8) is 0 Å². The summed E-state index contributed by atoms with van der Waals surface area (Å²) in [6, 6.07) is 0. The van der Waals surface area contributed by atoms with Crippen LogP contribution < -0.4 is 0 Å². The fourth-order valence-electron chi connectivity index (χ4n) is 10.5. The van der Waals surface area contributed by atoms with Crippen LogP contribution >= 0.6 is 0 Å². The molecule has 0 amide bonds. The van der Waals surface area contributed by atoms with E-state index in [1.807, 2.05) is 0 Å². The molecule has 0 heterocycles. The Labute approximate surface area is 466 Å². The van der Waals surface area contributed by atoms with Crippen LogP contribution in [0, 0.1) is 0 Å². The van der Waals surface area contributed by atoms with Crippen LogP contribution in [-0.4, -0.2) is 39.4 Å². The van der Waals surface area contributed by atoms with Gasteiger partial charge in [0.05, 0.1) is 0 Å². The first-order valence-electron chi connectivity index (χ1n) is 33.5. The van der Waals surface area contributed by atoms with Gasteiger partial charge in [0.1, 0.15) is 0 Å². The van der Waals surface area contributed by atoms with Gasteiger partial charge in [0.25, 0.3) is 0 Å². The van der Waals surface area contributed by atoms with E-state index in [-0.39, 0.29) is 37.2 Å². The molecule has 0 aliphatic carbocycles. The molecule has 0 atom stereocenters. The van der Waals surface area contributed by atoms with E-state index in [0.29, 0.717) is 0 Å². The zero-order valence-electron chi connectivity index (χ0n) is 49.8. The first-order valence-corrected chi connectivity index (χ1v) is 36.6. The van der Waals surface area contributed by atoms with E-state index in [2.05, 4.69) is 20.8 Å². The smallest absolute Gasteiger partial charge is 0.0654 e. The quantitative estimate of drug-likeness (QED) is 0.0446. The second-order valence-corrected chi connectivity index (χ2v) is 25.8. The van der Waals surface area contributed by atoms with Gasteiger partial charge in [0, 0.05) is 0 Å². The minimum absolute atomic E-state index is 0.285. The standard InChI is InChI=1S/3C22H44O2.Sb/c3*1-2-3-4-5-6-7-8-9-10-11-12-13-14-15-16-17-18-19-20-21-22(23)24;/h3*2-21H2,1H3,(H,23,24);/q;;;+3/p-3. The number of hydrogen-bond acceptors (Lipinski definition) is 6. The third kappa shape index (κ3) is 62.0. The van der Waals surface area contributed by atoms with Crippen molar-refractivity contribution in [2.45, 2.75) is 406 Å². The number of hydrogen-bond donors (Lipinski definition) is 0. The molecule has 6 nitrogen and oxygen atoms in total. The average molecular weight is 1140 g/mol. The molecule has 434 valence electrons. The van der Waals surface area contributed by atoms with Gasteiger partial charge in [-0.1, -0.05) is 213 Å². The van der Waals surface area contributed by atoms with Crippen molar-refractivity contribution in [1.82, 2.24) is 0 Å². The van der Waals surface area contributed by atoms with E-state index in [4.69, 9.17) is 9.05 Å². The topological polar surface area (TPSA) is 78.9 Å². The number of unbranched alkanes of at least 4 members (excludes halogenated alkanes) is 54. The third-order valence-corrected chi connectivity index (χ3v) is 18.5. The predicted octanol–water partition coefficient (Wildman–Crippen LogP) is 23.1. The average Bonchev–Trinajstić information content (AvgIpc) is 3.38. The van der Waals surface area contributed by atoms with Crippen LogP contribution in [0.4, 0.5) is 0 Å². The van der Waals surface area contributed by atoms with E-state index >= 15 is 0 Å². The van der Waals surface area contributed by atoms with E-state index in [1.54, 1.807) is 0 Å². The van der Waals surface area contributed by atoms with Gasteiger partial charge in [-0.2, -0.15) is 0 Å². The zero-order chi connectivity index (χ0) is 52.9. The molecule has 0 aromatic carbocycles. The van der Waals surface area contributed by atoms with Crippen LogP contribution in [0.25, 0.3) is 0 Å². The Morgan fingerprint density at radius 1 is 0.192 bits per heavy atom. The molecule has 0 radical (unpaired) electrons. The fraction of sp³-hybridized carbons (Fsp3) is 0.955. The SMILES string of the molecule is CCCCCCCCCCCCCCCCCCCCCC(=O)[O][Sb]([O]C(=O)CCCCCCCCCCCCCCCCCCCCC)[O]C(=O)CCCCCCCCCCCCCCCCCCCCC. The van der Waals surface area contributed by atoms with Crippen LogP contribution in [-0.2, 0) is 23.4 Å². The van der Waals surface area contributed by atoms with Crippen molar-refractivity contribution in [2.75, 3.05) is 0 Å². The van der Waals surface area contributed by atoms with Crippen LogP contribution in [0.15, 0.2) is 0 Å². The van der Waals surface area contributed by atoms with Crippen molar-refractivity contribution >= 4 is 39.4 Å². The van der Waals surface area contributed by atoms with Crippen LogP contribution in [0.2, 0.25) is 0 Å². The summed E-state index contributed by atoms with van der Waals surface area (Å²) in [5.41, 5.74) is 0. The Balaban J connectivity index is 4.29. The summed E-state index contributed by atoms with van der Waals surface area (Å²) in [6.07, 6.45) is 75.4. The van der Waals surface area contributed by atoms with Gasteiger partial charge in [-0.15, -0.1) is 0 Å². The van der Waals surface area contributed by atoms with Crippen LogP contribution in [0.1, 0.15) is 406 Å².